The summed E-state index contributed by atoms with van der Waals surface area (Å²) in [6, 6.07) is 4.35. The number of alkyl halides is 3. The van der Waals surface area contributed by atoms with Gasteiger partial charge in [0.15, 0.2) is 5.69 Å². The van der Waals surface area contributed by atoms with Crippen molar-refractivity contribution in [3.63, 3.8) is 0 Å². The number of anilines is 1. The molecule has 3 aromatic rings. The van der Waals surface area contributed by atoms with Crippen molar-refractivity contribution in [2.75, 3.05) is 5.43 Å². The van der Waals surface area contributed by atoms with Crippen LogP contribution in [0.5, 0.6) is 0 Å². The highest BCUT2D eigenvalue weighted by Gasteiger charge is 2.34. The van der Waals surface area contributed by atoms with E-state index in [4.69, 9.17) is 0 Å². The highest BCUT2D eigenvalue weighted by atomic mass is 32.1. The normalized spacial score (nSPS) is 12.1. The Kier molecular flexibility index (Phi) is 4.96. The highest BCUT2D eigenvalue weighted by Crippen LogP contribution is 2.33. The Morgan fingerprint density at radius 1 is 1.22 bits per heavy atom. The van der Waals surface area contributed by atoms with Gasteiger partial charge < -0.3 is 0 Å². The summed E-state index contributed by atoms with van der Waals surface area (Å²) in [6.45, 7) is 3.43. The van der Waals surface area contributed by atoms with Crippen LogP contribution in [-0.2, 0) is 13.2 Å². The average molecular weight is 398 g/mol. The molecule has 3 aromatic heterocycles. The second-order valence-electron chi connectivity index (χ2n) is 5.65. The molecular formula is C16H14F4N6S. The molecule has 1 N–H and O–H groups in total. The van der Waals surface area contributed by atoms with Gasteiger partial charge in [-0.15, -0.1) is 11.3 Å². The fraction of sp³-hybridized carbons (Fsp3) is 0.250. The van der Waals surface area contributed by atoms with Crippen molar-refractivity contribution >= 4 is 23.5 Å². The maximum Gasteiger partial charge on any atom is 0.433 e. The van der Waals surface area contributed by atoms with Crippen molar-refractivity contribution < 1.29 is 17.6 Å². The molecule has 0 unspecified atom stereocenters. The number of aryl methyl sites for hydroxylation is 3. The number of nitrogens with one attached hydrogen (secondary N) is 1. The van der Waals surface area contributed by atoms with Crippen LogP contribution in [0.25, 0.3) is 10.6 Å². The predicted molar refractivity (Wildman–Crippen MR) is 94.2 cm³/mol. The summed E-state index contributed by atoms with van der Waals surface area (Å²) >= 11 is 1.31. The van der Waals surface area contributed by atoms with E-state index >= 15 is 0 Å². The fourth-order valence-corrected chi connectivity index (χ4v) is 3.12. The number of thiophene rings is 1. The van der Waals surface area contributed by atoms with Crippen molar-refractivity contribution in [3.05, 3.63) is 46.0 Å². The Bertz CT molecular complexity index is 1000. The molecule has 0 saturated carbocycles. The molecule has 3 heterocycles. The minimum absolute atomic E-state index is 0.117. The van der Waals surface area contributed by atoms with Gasteiger partial charge in [0.1, 0.15) is 0 Å². The standard InChI is InChI=1S/C16H14F4N6S/c1-8-4-5-12(27-8)11-6-13(16(18,19)20)23-15(22-11)24-21-7-10-9(2)25-26(3)14(10)17/h4-7H,1-3H3,(H,22,23,24)/b21-7-. The first-order valence-corrected chi connectivity index (χ1v) is 8.48. The number of halogens is 4. The number of nitrogens with zero attached hydrogens (tertiary/aromatic N) is 5. The molecule has 6 nitrogen and oxygen atoms in total. The zero-order valence-electron chi connectivity index (χ0n) is 14.5. The van der Waals surface area contributed by atoms with Crippen LogP contribution in [0.15, 0.2) is 23.3 Å². The minimum atomic E-state index is -4.64. The van der Waals surface area contributed by atoms with E-state index in [0.29, 0.717) is 10.6 Å². The number of rotatable bonds is 4. The monoisotopic (exact) mass is 398 g/mol. The molecule has 0 fully saturated rings. The Hall–Kier alpha value is -2.82. The second kappa shape index (κ2) is 7.06. The molecule has 3 rings (SSSR count). The van der Waals surface area contributed by atoms with Crippen molar-refractivity contribution in [1.82, 2.24) is 19.7 Å². The van der Waals surface area contributed by atoms with Gasteiger partial charge in [0, 0.05) is 11.9 Å². The topological polar surface area (TPSA) is 68.0 Å². The van der Waals surface area contributed by atoms with E-state index in [1.807, 2.05) is 6.92 Å². The lowest BCUT2D eigenvalue weighted by molar-refractivity contribution is -0.141. The van der Waals surface area contributed by atoms with E-state index in [2.05, 4.69) is 25.6 Å². The number of aromatic nitrogens is 4. The van der Waals surface area contributed by atoms with Crippen LogP contribution >= 0.6 is 11.3 Å². The second-order valence-corrected chi connectivity index (χ2v) is 6.94. The van der Waals surface area contributed by atoms with Crippen molar-refractivity contribution in [3.8, 4) is 10.6 Å². The highest BCUT2D eigenvalue weighted by molar-refractivity contribution is 7.15. The maximum atomic E-state index is 13.9. The first kappa shape index (κ1) is 19.0. The zero-order chi connectivity index (χ0) is 19.8. The van der Waals surface area contributed by atoms with Gasteiger partial charge in [0.05, 0.1) is 28.0 Å². The Labute approximate surface area is 155 Å². The smallest absolute Gasteiger partial charge is 0.245 e. The van der Waals surface area contributed by atoms with Crippen LogP contribution in [0.1, 0.15) is 21.8 Å². The first-order chi connectivity index (χ1) is 12.6. The van der Waals surface area contributed by atoms with E-state index < -0.39 is 17.8 Å². The molecule has 0 atom stereocenters. The minimum Gasteiger partial charge on any atom is -0.245 e. The zero-order valence-corrected chi connectivity index (χ0v) is 15.3. The molecule has 27 heavy (non-hydrogen) atoms. The molecule has 0 amide bonds. The largest absolute Gasteiger partial charge is 0.433 e. The Morgan fingerprint density at radius 3 is 2.52 bits per heavy atom. The fourth-order valence-electron chi connectivity index (χ4n) is 2.29. The maximum absolute atomic E-state index is 13.9. The lowest BCUT2D eigenvalue weighted by Crippen LogP contribution is -2.11. The van der Waals surface area contributed by atoms with Crippen molar-refractivity contribution in [2.45, 2.75) is 20.0 Å². The van der Waals surface area contributed by atoms with Gasteiger partial charge in [0.25, 0.3) is 0 Å². The Balaban J connectivity index is 1.93. The van der Waals surface area contributed by atoms with Crippen LogP contribution < -0.4 is 5.43 Å². The van der Waals surface area contributed by atoms with Crippen LogP contribution in [0.2, 0.25) is 0 Å². The third kappa shape index (κ3) is 4.13. The lowest BCUT2D eigenvalue weighted by atomic mass is 10.2. The summed E-state index contributed by atoms with van der Waals surface area (Å²) in [5.74, 6) is -0.957. The van der Waals surface area contributed by atoms with Gasteiger partial charge in [-0.05, 0) is 32.0 Å². The van der Waals surface area contributed by atoms with Crippen LogP contribution in [0.3, 0.4) is 0 Å². The van der Waals surface area contributed by atoms with Gasteiger partial charge in [0.2, 0.25) is 11.9 Å². The van der Waals surface area contributed by atoms with Gasteiger partial charge in [-0.25, -0.2) is 20.1 Å². The predicted octanol–water partition coefficient (Wildman–Crippen LogP) is 4.16. The van der Waals surface area contributed by atoms with E-state index in [-0.39, 0.29) is 17.2 Å². The molecule has 0 saturated heterocycles. The molecule has 0 aliphatic rings. The summed E-state index contributed by atoms with van der Waals surface area (Å²) in [6.07, 6.45) is -3.52. The quantitative estimate of drug-likeness (QED) is 0.407. The summed E-state index contributed by atoms with van der Waals surface area (Å²) in [5.41, 5.74) is 1.87. The molecule has 0 aromatic carbocycles. The number of hydrogen-bond acceptors (Lipinski definition) is 6. The molecule has 0 bridgehead atoms. The van der Waals surface area contributed by atoms with Gasteiger partial charge in [-0.3, -0.25) is 0 Å². The molecule has 142 valence electrons. The van der Waals surface area contributed by atoms with Crippen LogP contribution in [0.4, 0.5) is 23.5 Å². The molecule has 0 aliphatic carbocycles. The Morgan fingerprint density at radius 2 is 1.96 bits per heavy atom. The van der Waals surface area contributed by atoms with Gasteiger partial charge in [-0.2, -0.15) is 27.8 Å². The third-order valence-corrected chi connectivity index (χ3v) is 4.59. The summed E-state index contributed by atoms with van der Waals surface area (Å²) < 4.78 is 54.3. The van der Waals surface area contributed by atoms with Crippen LogP contribution in [0, 0.1) is 19.8 Å². The molecule has 11 heteroatoms. The number of hydrazone groups is 1. The van der Waals surface area contributed by atoms with E-state index in [0.717, 1.165) is 21.8 Å². The molecule has 0 aliphatic heterocycles. The van der Waals surface area contributed by atoms with E-state index in [1.165, 1.54) is 18.4 Å². The van der Waals surface area contributed by atoms with Crippen molar-refractivity contribution in [1.29, 1.82) is 0 Å². The van der Waals surface area contributed by atoms with Gasteiger partial charge >= 0.3 is 6.18 Å². The molecule has 0 spiro atoms. The summed E-state index contributed by atoms with van der Waals surface area (Å²) in [4.78, 5) is 9.03. The van der Waals surface area contributed by atoms with E-state index in [9.17, 15) is 17.6 Å². The van der Waals surface area contributed by atoms with Crippen molar-refractivity contribution in [2.24, 2.45) is 12.1 Å². The van der Waals surface area contributed by atoms with E-state index in [1.54, 1.807) is 19.1 Å². The average Bonchev–Trinajstić information content (AvgIpc) is 3.12. The van der Waals surface area contributed by atoms with Gasteiger partial charge in [-0.1, -0.05) is 0 Å². The summed E-state index contributed by atoms with van der Waals surface area (Å²) in [5, 5.41) is 7.64. The number of hydrogen-bond donors (Lipinski definition) is 1. The third-order valence-electron chi connectivity index (χ3n) is 3.56. The SMILES string of the molecule is Cc1ccc(-c2cc(C(F)(F)F)nc(N/N=C\c3c(C)nn(C)c3F)n2)s1. The molecule has 0 radical (unpaired) electrons. The lowest BCUT2D eigenvalue weighted by Gasteiger charge is -2.09. The summed E-state index contributed by atoms with van der Waals surface area (Å²) in [7, 11) is 1.43. The molecular weight excluding hydrogens is 384 g/mol. The first-order valence-electron chi connectivity index (χ1n) is 7.66. The van der Waals surface area contributed by atoms with Crippen LogP contribution in [-0.4, -0.2) is 26.0 Å².